The number of hydrogen-bond donors (Lipinski definition) is 3. The van der Waals surface area contributed by atoms with Crippen LogP contribution >= 0.6 is 0 Å². The molecular weight excluding hydrogens is 404 g/mol. The summed E-state index contributed by atoms with van der Waals surface area (Å²) in [6, 6.07) is 5.98. The summed E-state index contributed by atoms with van der Waals surface area (Å²) in [6.07, 6.45) is 4.79. The van der Waals surface area contributed by atoms with Gasteiger partial charge in [-0.15, -0.1) is 0 Å². The summed E-state index contributed by atoms with van der Waals surface area (Å²) in [5.41, 5.74) is 1.15. The van der Waals surface area contributed by atoms with E-state index in [9.17, 15) is 26.4 Å². The molecule has 0 bridgehead atoms. The van der Waals surface area contributed by atoms with E-state index in [4.69, 9.17) is 9.11 Å². The average molecular weight is 428 g/mol. The number of aromatic nitrogens is 1. The molecule has 0 aliphatic carbocycles. The summed E-state index contributed by atoms with van der Waals surface area (Å²) in [5.74, 6) is -0.796. The van der Waals surface area contributed by atoms with Gasteiger partial charge in [-0.2, -0.15) is 16.8 Å². The first-order valence-electron chi connectivity index (χ1n) is 7.35. The first-order chi connectivity index (χ1) is 12.2. The second-order valence-electron chi connectivity index (χ2n) is 4.99. The Morgan fingerprint density at radius 3 is 1.74 bits per heavy atom. The fourth-order valence-corrected chi connectivity index (χ4v) is 1.23. The van der Waals surface area contributed by atoms with Gasteiger partial charge in [0.2, 0.25) is 0 Å². The van der Waals surface area contributed by atoms with Gasteiger partial charge in [0, 0.05) is 24.9 Å². The number of likely N-dealkylation sites (N-methyl/N-ethyl adjacent to an activating group) is 1. The highest BCUT2D eigenvalue weighted by molar-refractivity contribution is 7.85. The van der Waals surface area contributed by atoms with Gasteiger partial charge in [-0.05, 0) is 19.2 Å². The van der Waals surface area contributed by atoms with E-state index in [2.05, 4.69) is 15.0 Å². The molecule has 0 saturated carbocycles. The molecule has 0 atom stereocenters. The number of pyridine rings is 1. The Balaban J connectivity index is 0. The monoisotopic (exact) mass is 428 g/mol. The lowest BCUT2D eigenvalue weighted by Crippen LogP contribution is -2.10. The lowest BCUT2D eigenvalue weighted by Gasteiger charge is -1.96. The Hall–Kier alpha value is -1.93. The van der Waals surface area contributed by atoms with E-state index in [1.54, 1.807) is 0 Å². The molecule has 1 fully saturated rings. The Kier molecular flexibility index (Phi) is 14.3. The van der Waals surface area contributed by atoms with E-state index in [1.165, 1.54) is 0 Å². The van der Waals surface area contributed by atoms with Crippen LogP contribution in [0.5, 0.6) is 0 Å². The van der Waals surface area contributed by atoms with Crippen molar-refractivity contribution in [3.63, 3.8) is 0 Å². The summed E-state index contributed by atoms with van der Waals surface area (Å²) < 4.78 is 55.8. The minimum atomic E-state index is -3.67. The van der Waals surface area contributed by atoms with Gasteiger partial charge in [-0.25, -0.2) is 0 Å². The number of carbonyl (C=O) groups is 2. The fourth-order valence-electron chi connectivity index (χ4n) is 1.23. The third-order valence-corrected chi connectivity index (χ3v) is 2.12. The second-order valence-corrected chi connectivity index (χ2v) is 7.92. The summed E-state index contributed by atoms with van der Waals surface area (Å²) in [5, 5.41) is 3.08. The maximum absolute atomic E-state index is 10.0. The van der Waals surface area contributed by atoms with Crippen LogP contribution in [-0.4, -0.2) is 69.0 Å². The highest BCUT2D eigenvalue weighted by Gasteiger charge is 2.19. The zero-order chi connectivity index (χ0) is 21.5. The lowest BCUT2D eigenvalue weighted by atomic mass is 10.3. The minimum absolute atomic E-state index is 0.263. The Bertz CT molecular complexity index is 703. The van der Waals surface area contributed by atoms with Crippen LogP contribution in [-0.2, 0) is 41.0 Å². The van der Waals surface area contributed by atoms with Gasteiger partial charge in [0.15, 0.2) is 0 Å². The SMILES string of the molecule is CNCCc1ccccn1.CS(=O)(=O)O.CS(=O)(=O)O.O=C1CCC(=O)O1. The standard InChI is InChI=1S/C8H12N2.C4H4O3.2CH4O3S/c1-9-7-5-8-4-2-3-6-10-8;5-3-1-2-4(6)7-3;2*1-5(2,3)4/h2-4,6,9H,5,7H2,1H3;1-2H2;2*1H3,(H,2,3,4). The van der Waals surface area contributed by atoms with Gasteiger partial charge in [0.1, 0.15) is 0 Å². The molecule has 1 aromatic rings. The summed E-state index contributed by atoms with van der Waals surface area (Å²) in [4.78, 5) is 24.2. The first kappa shape index (κ1) is 27.3. The molecule has 0 amide bonds. The molecule has 3 N–H and O–H groups in total. The maximum atomic E-state index is 10.0. The fraction of sp³-hybridized carbons (Fsp3) is 0.500. The summed E-state index contributed by atoms with van der Waals surface area (Å²) in [7, 11) is -5.39. The second kappa shape index (κ2) is 14.2. The molecule has 2 heterocycles. The lowest BCUT2D eigenvalue weighted by molar-refractivity contribution is -0.151. The molecule has 156 valence electrons. The summed E-state index contributed by atoms with van der Waals surface area (Å²) in [6.45, 7) is 0.997. The number of carbonyl (C=O) groups excluding carboxylic acids is 2. The molecule has 1 aliphatic heterocycles. The predicted molar refractivity (Wildman–Crippen MR) is 97.1 cm³/mol. The van der Waals surface area contributed by atoms with Crippen molar-refractivity contribution in [1.82, 2.24) is 10.3 Å². The molecule has 0 radical (unpaired) electrons. The van der Waals surface area contributed by atoms with E-state index >= 15 is 0 Å². The largest absolute Gasteiger partial charge is 0.393 e. The van der Waals surface area contributed by atoms with Gasteiger partial charge in [-0.3, -0.25) is 23.7 Å². The normalized spacial score (nSPS) is 13.1. The smallest absolute Gasteiger partial charge is 0.314 e. The zero-order valence-corrected chi connectivity index (χ0v) is 16.8. The molecule has 27 heavy (non-hydrogen) atoms. The molecule has 0 spiro atoms. The molecular formula is C14H24N2O9S2. The number of cyclic esters (lactones) is 2. The van der Waals surface area contributed by atoms with Gasteiger partial charge >= 0.3 is 11.9 Å². The van der Waals surface area contributed by atoms with Crippen molar-refractivity contribution in [2.24, 2.45) is 0 Å². The Morgan fingerprint density at radius 1 is 1.04 bits per heavy atom. The van der Waals surface area contributed by atoms with Crippen LogP contribution in [0.25, 0.3) is 0 Å². The van der Waals surface area contributed by atoms with Gasteiger partial charge in [0.25, 0.3) is 20.2 Å². The number of rotatable bonds is 3. The first-order valence-corrected chi connectivity index (χ1v) is 11.0. The van der Waals surface area contributed by atoms with E-state index in [-0.39, 0.29) is 12.8 Å². The van der Waals surface area contributed by atoms with Crippen LogP contribution in [0, 0.1) is 0 Å². The summed E-state index contributed by atoms with van der Waals surface area (Å²) >= 11 is 0. The van der Waals surface area contributed by atoms with Crippen LogP contribution in [0.3, 0.4) is 0 Å². The zero-order valence-electron chi connectivity index (χ0n) is 15.2. The number of nitrogens with zero attached hydrogens (tertiary/aromatic N) is 1. The number of ether oxygens (including phenoxy) is 1. The van der Waals surface area contributed by atoms with E-state index in [1.807, 2.05) is 31.4 Å². The van der Waals surface area contributed by atoms with E-state index in [0.29, 0.717) is 12.5 Å². The van der Waals surface area contributed by atoms with E-state index in [0.717, 1.165) is 18.7 Å². The van der Waals surface area contributed by atoms with Crippen LogP contribution < -0.4 is 5.32 Å². The Labute approximate surface area is 158 Å². The van der Waals surface area contributed by atoms with E-state index < -0.39 is 32.2 Å². The molecule has 1 aromatic heterocycles. The minimum Gasteiger partial charge on any atom is -0.393 e. The molecule has 1 saturated heterocycles. The van der Waals surface area contributed by atoms with Gasteiger partial charge in [-0.1, -0.05) is 6.07 Å². The van der Waals surface area contributed by atoms with Crippen molar-refractivity contribution < 1.29 is 40.3 Å². The number of esters is 2. The molecule has 0 unspecified atom stereocenters. The van der Waals surface area contributed by atoms with Crippen molar-refractivity contribution >= 4 is 32.2 Å². The average Bonchev–Trinajstić information content (AvgIpc) is 2.87. The molecule has 11 nitrogen and oxygen atoms in total. The molecule has 1 aliphatic rings. The highest BCUT2D eigenvalue weighted by Crippen LogP contribution is 2.03. The topological polar surface area (TPSA) is 177 Å². The third kappa shape index (κ3) is 32.2. The molecule has 13 heteroatoms. The Morgan fingerprint density at radius 2 is 1.48 bits per heavy atom. The van der Waals surface area contributed by atoms with Crippen LogP contribution in [0.1, 0.15) is 18.5 Å². The third-order valence-electron chi connectivity index (χ3n) is 2.12. The number of hydrogen-bond acceptors (Lipinski definition) is 9. The van der Waals surface area contributed by atoms with Crippen LogP contribution in [0.4, 0.5) is 0 Å². The quantitative estimate of drug-likeness (QED) is 0.327. The van der Waals surface area contributed by atoms with Crippen molar-refractivity contribution in [2.75, 3.05) is 26.1 Å². The maximum Gasteiger partial charge on any atom is 0.314 e. The van der Waals surface area contributed by atoms with Crippen LogP contribution in [0.15, 0.2) is 24.4 Å². The highest BCUT2D eigenvalue weighted by atomic mass is 32.2. The van der Waals surface area contributed by atoms with Gasteiger partial charge in [0.05, 0.1) is 25.4 Å². The van der Waals surface area contributed by atoms with Crippen molar-refractivity contribution in [1.29, 1.82) is 0 Å². The number of nitrogens with one attached hydrogen (secondary N) is 1. The van der Waals surface area contributed by atoms with Crippen molar-refractivity contribution in [3.05, 3.63) is 30.1 Å². The van der Waals surface area contributed by atoms with Crippen molar-refractivity contribution in [3.8, 4) is 0 Å². The van der Waals surface area contributed by atoms with Crippen molar-refractivity contribution in [2.45, 2.75) is 19.3 Å². The molecule has 0 aromatic carbocycles. The van der Waals surface area contributed by atoms with Crippen LogP contribution in [0.2, 0.25) is 0 Å². The van der Waals surface area contributed by atoms with Gasteiger partial charge < -0.3 is 10.1 Å². The predicted octanol–water partition coefficient (Wildman–Crippen LogP) is -0.298. The molecule has 2 rings (SSSR count).